The second-order valence-electron chi connectivity index (χ2n) is 5.72. The van der Waals surface area contributed by atoms with Crippen LogP contribution in [0.3, 0.4) is 0 Å². The Hall–Kier alpha value is -1.56. The van der Waals surface area contributed by atoms with Gasteiger partial charge in [-0.1, -0.05) is 25.0 Å². The van der Waals surface area contributed by atoms with E-state index in [1.165, 1.54) is 12.1 Å². The molecule has 1 aromatic rings. The van der Waals surface area contributed by atoms with E-state index < -0.39 is 17.3 Å². The van der Waals surface area contributed by atoms with E-state index in [4.69, 9.17) is 5.73 Å². The van der Waals surface area contributed by atoms with E-state index in [1.54, 1.807) is 0 Å². The maximum Gasteiger partial charge on any atom is 0.416 e. The van der Waals surface area contributed by atoms with Gasteiger partial charge in [0.05, 0.1) is 5.56 Å². The largest absolute Gasteiger partial charge is 0.416 e. The topological polar surface area (TPSA) is 55.1 Å². The molecule has 0 heterocycles. The Kier molecular flexibility index (Phi) is 4.56. The van der Waals surface area contributed by atoms with Gasteiger partial charge in [-0.05, 0) is 30.5 Å². The molecule has 0 aliphatic heterocycles. The van der Waals surface area contributed by atoms with Crippen molar-refractivity contribution in [2.45, 2.75) is 50.4 Å². The first-order valence-corrected chi connectivity index (χ1v) is 7.00. The lowest BCUT2D eigenvalue weighted by Gasteiger charge is -2.22. The van der Waals surface area contributed by atoms with Gasteiger partial charge in [-0.3, -0.25) is 4.79 Å². The van der Waals surface area contributed by atoms with E-state index in [2.05, 4.69) is 5.32 Å². The van der Waals surface area contributed by atoms with E-state index in [9.17, 15) is 18.0 Å². The minimum atomic E-state index is -4.34. The molecule has 0 spiro atoms. The monoisotopic (exact) mass is 300 g/mol. The molecule has 3 N–H and O–H groups in total. The molecule has 1 saturated carbocycles. The minimum absolute atomic E-state index is 0.153. The first kappa shape index (κ1) is 15.8. The number of carbonyl (C=O) groups excluding carboxylic acids is 1. The van der Waals surface area contributed by atoms with Crippen LogP contribution >= 0.6 is 0 Å². The summed E-state index contributed by atoms with van der Waals surface area (Å²) in [6.07, 6.45) is -0.281. The predicted molar refractivity (Wildman–Crippen MR) is 73.3 cm³/mol. The third-order valence-corrected chi connectivity index (χ3v) is 3.88. The summed E-state index contributed by atoms with van der Waals surface area (Å²) in [4.78, 5) is 11.8. The summed E-state index contributed by atoms with van der Waals surface area (Å²) in [5.74, 6) is -0.153. The summed E-state index contributed by atoms with van der Waals surface area (Å²) < 4.78 is 37.3. The number of alkyl halides is 3. The smallest absolute Gasteiger partial charge is 0.352 e. The molecule has 3 nitrogen and oxygen atoms in total. The van der Waals surface area contributed by atoms with Crippen LogP contribution in [0.25, 0.3) is 0 Å². The van der Waals surface area contributed by atoms with Crippen molar-refractivity contribution in [3.63, 3.8) is 0 Å². The summed E-state index contributed by atoms with van der Waals surface area (Å²) in [5.41, 5.74) is 5.64. The predicted octanol–water partition coefficient (Wildman–Crippen LogP) is 2.98. The van der Waals surface area contributed by atoms with Crippen LogP contribution in [0, 0.1) is 0 Å². The molecule has 1 amide bonds. The van der Waals surface area contributed by atoms with E-state index in [0.717, 1.165) is 37.8 Å². The Labute approximate surface area is 121 Å². The van der Waals surface area contributed by atoms with Crippen LogP contribution in [0.4, 0.5) is 13.2 Å². The quantitative estimate of drug-likeness (QED) is 0.898. The number of benzene rings is 1. The Morgan fingerprint density at radius 3 is 2.29 bits per heavy atom. The molecule has 1 aliphatic rings. The maximum atomic E-state index is 12.4. The van der Waals surface area contributed by atoms with Crippen molar-refractivity contribution in [3.8, 4) is 0 Å². The molecule has 1 aliphatic carbocycles. The fourth-order valence-electron chi connectivity index (χ4n) is 2.65. The van der Waals surface area contributed by atoms with Gasteiger partial charge in [0.15, 0.2) is 0 Å². The van der Waals surface area contributed by atoms with Gasteiger partial charge < -0.3 is 11.1 Å². The molecule has 0 radical (unpaired) electrons. The molecule has 2 rings (SSSR count). The Morgan fingerprint density at radius 2 is 1.76 bits per heavy atom. The van der Waals surface area contributed by atoms with Crippen molar-refractivity contribution in [3.05, 3.63) is 35.4 Å². The van der Waals surface area contributed by atoms with Crippen LogP contribution in [-0.4, -0.2) is 11.4 Å². The van der Waals surface area contributed by atoms with Crippen molar-refractivity contribution < 1.29 is 18.0 Å². The minimum Gasteiger partial charge on any atom is -0.352 e. The number of halogens is 3. The highest BCUT2D eigenvalue weighted by atomic mass is 19.4. The highest BCUT2D eigenvalue weighted by molar-refractivity contribution is 5.77. The second-order valence-corrected chi connectivity index (χ2v) is 5.72. The lowest BCUT2D eigenvalue weighted by atomic mass is 9.94. The molecule has 0 atom stereocenters. The number of hydrogen-bond donors (Lipinski definition) is 2. The van der Waals surface area contributed by atoms with Gasteiger partial charge in [0.2, 0.25) is 5.91 Å². The zero-order valence-corrected chi connectivity index (χ0v) is 11.7. The average Bonchev–Trinajstić information content (AvgIpc) is 2.82. The molecule has 1 aromatic carbocycles. The molecular weight excluding hydrogens is 281 g/mol. The molecule has 6 heteroatoms. The number of carbonyl (C=O) groups is 1. The van der Waals surface area contributed by atoms with Crippen LogP contribution in [0.2, 0.25) is 0 Å². The third kappa shape index (κ3) is 4.46. The van der Waals surface area contributed by atoms with E-state index >= 15 is 0 Å². The first-order chi connectivity index (χ1) is 9.78. The molecule has 0 bridgehead atoms. The number of nitrogens with two attached hydrogens (primary N) is 1. The van der Waals surface area contributed by atoms with Crippen molar-refractivity contribution in [2.24, 2.45) is 5.73 Å². The molecular formula is C15H19F3N2O. The Bertz CT molecular complexity index is 491. The average molecular weight is 300 g/mol. The van der Waals surface area contributed by atoms with Crippen molar-refractivity contribution in [1.29, 1.82) is 0 Å². The van der Waals surface area contributed by atoms with Crippen LogP contribution in [-0.2, 0) is 17.5 Å². The van der Waals surface area contributed by atoms with Gasteiger partial charge in [-0.2, -0.15) is 13.2 Å². The molecule has 116 valence electrons. The van der Waals surface area contributed by atoms with Crippen LogP contribution in [0.5, 0.6) is 0 Å². The first-order valence-electron chi connectivity index (χ1n) is 7.00. The Balaban J connectivity index is 1.84. The number of nitrogens with one attached hydrogen (secondary N) is 1. The molecule has 1 fully saturated rings. The summed E-state index contributed by atoms with van der Waals surface area (Å²) in [6.45, 7) is 0.215. The zero-order valence-electron chi connectivity index (χ0n) is 11.7. The lowest BCUT2D eigenvalue weighted by Crippen LogP contribution is -2.42. The fraction of sp³-hybridized carbons (Fsp3) is 0.533. The van der Waals surface area contributed by atoms with E-state index in [1.807, 2.05) is 0 Å². The molecule has 0 saturated heterocycles. The summed E-state index contributed by atoms with van der Waals surface area (Å²) in [6, 6.07) is 4.78. The van der Waals surface area contributed by atoms with Crippen molar-refractivity contribution in [1.82, 2.24) is 5.32 Å². The van der Waals surface area contributed by atoms with Crippen LogP contribution in [0.1, 0.15) is 43.2 Å². The SMILES string of the molecule is NC1(CC(=O)NCc2ccc(C(F)(F)F)cc2)CCCC1. The van der Waals surface area contributed by atoms with Gasteiger partial charge in [0.1, 0.15) is 0 Å². The van der Waals surface area contributed by atoms with Gasteiger partial charge in [0, 0.05) is 18.5 Å². The second kappa shape index (κ2) is 6.05. The summed E-state index contributed by atoms with van der Waals surface area (Å²) >= 11 is 0. The zero-order chi connectivity index (χ0) is 15.5. The third-order valence-electron chi connectivity index (χ3n) is 3.88. The molecule has 0 unspecified atom stereocenters. The highest BCUT2D eigenvalue weighted by Gasteiger charge is 2.32. The van der Waals surface area contributed by atoms with Gasteiger partial charge in [-0.15, -0.1) is 0 Å². The summed E-state index contributed by atoms with van der Waals surface area (Å²) in [7, 11) is 0. The normalized spacial score (nSPS) is 17.7. The summed E-state index contributed by atoms with van der Waals surface area (Å²) in [5, 5.41) is 2.71. The molecule has 0 aromatic heterocycles. The highest BCUT2D eigenvalue weighted by Crippen LogP contribution is 2.30. The van der Waals surface area contributed by atoms with Crippen LogP contribution < -0.4 is 11.1 Å². The standard InChI is InChI=1S/C15H19F3N2O/c16-15(17,18)12-5-3-11(4-6-12)10-20-13(21)9-14(19)7-1-2-8-14/h3-6H,1-2,7-10,19H2,(H,20,21). The van der Waals surface area contributed by atoms with Gasteiger partial charge >= 0.3 is 6.18 Å². The van der Waals surface area contributed by atoms with Gasteiger partial charge in [-0.25, -0.2) is 0 Å². The maximum absolute atomic E-state index is 12.4. The number of rotatable bonds is 4. The van der Waals surface area contributed by atoms with Gasteiger partial charge in [0.25, 0.3) is 0 Å². The van der Waals surface area contributed by atoms with Crippen molar-refractivity contribution >= 4 is 5.91 Å². The van der Waals surface area contributed by atoms with Crippen LogP contribution in [0.15, 0.2) is 24.3 Å². The van der Waals surface area contributed by atoms with Crippen molar-refractivity contribution in [2.75, 3.05) is 0 Å². The van der Waals surface area contributed by atoms with E-state index in [0.29, 0.717) is 5.56 Å². The van der Waals surface area contributed by atoms with E-state index in [-0.39, 0.29) is 18.9 Å². The fourth-order valence-corrected chi connectivity index (χ4v) is 2.65. The molecule has 21 heavy (non-hydrogen) atoms. The number of amides is 1. The Morgan fingerprint density at radius 1 is 1.19 bits per heavy atom. The lowest BCUT2D eigenvalue weighted by molar-refractivity contribution is -0.137. The number of hydrogen-bond acceptors (Lipinski definition) is 2.